The predicted molar refractivity (Wildman–Crippen MR) is 72.6 cm³/mol. The Kier molecular flexibility index (Phi) is 3.61. The molecule has 0 unspecified atom stereocenters. The van der Waals surface area contributed by atoms with E-state index in [-0.39, 0.29) is 5.69 Å². The van der Waals surface area contributed by atoms with Crippen LogP contribution >= 0.6 is 15.9 Å². The summed E-state index contributed by atoms with van der Waals surface area (Å²) >= 11 is 3.42. The zero-order valence-electron chi connectivity index (χ0n) is 10.7. The summed E-state index contributed by atoms with van der Waals surface area (Å²) in [5, 5.41) is 12.4. The maximum atomic E-state index is 10.9. The fourth-order valence-electron chi connectivity index (χ4n) is 1.84. The van der Waals surface area contributed by atoms with Gasteiger partial charge in [0, 0.05) is 6.07 Å². The van der Waals surface area contributed by atoms with E-state index in [1.54, 1.807) is 7.11 Å². The first-order valence-corrected chi connectivity index (χ1v) is 6.29. The molecular formula is C13H12BrNO4. The number of aromatic nitrogens is 1. The van der Waals surface area contributed by atoms with Gasteiger partial charge in [-0.15, -0.1) is 0 Å². The van der Waals surface area contributed by atoms with Crippen LogP contribution in [0.1, 0.15) is 21.6 Å². The van der Waals surface area contributed by atoms with Gasteiger partial charge in [0.1, 0.15) is 5.75 Å². The van der Waals surface area contributed by atoms with E-state index in [0.717, 1.165) is 15.6 Å². The van der Waals surface area contributed by atoms with Gasteiger partial charge in [-0.2, -0.15) is 0 Å². The molecule has 0 amide bonds. The van der Waals surface area contributed by atoms with Gasteiger partial charge in [-0.1, -0.05) is 5.16 Å². The third kappa shape index (κ3) is 2.35. The van der Waals surface area contributed by atoms with Crippen LogP contribution in [0.2, 0.25) is 0 Å². The van der Waals surface area contributed by atoms with E-state index in [4.69, 9.17) is 14.4 Å². The Balaban J connectivity index is 2.69. The van der Waals surface area contributed by atoms with Gasteiger partial charge in [-0.25, -0.2) is 4.79 Å². The Hall–Kier alpha value is -1.82. The van der Waals surface area contributed by atoms with E-state index in [1.807, 2.05) is 19.9 Å². The van der Waals surface area contributed by atoms with E-state index < -0.39 is 5.97 Å². The average molecular weight is 326 g/mol. The van der Waals surface area contributed by atoms with Crippen LogP contribution in [0.5, 0.6) is 5.75 Å². The third-order valence-electron chi connectivity index (χ3n) is 2.93. The minimum Gasteiger partial charge on any atom is -0.495 e. The van der Waals surface area contributed by atoms with Crippen molar-refractivity contribution in [2.45, 2.75) is 13.8 Å². The number of aromatic carboxylic acids is 1. The molecule has 0 spiro atoms. The zero-order valence-corrected chi connectivity index (χ0v) is 12.2. The molecule has 1 aromatic heterocycles. The lowest BCUT2D eigenvalue weighted by Crippen LogP contribution is -1.95. The molecule has 1 heterocycles. The van der Waals surface area contributed by atoms with Crippen LogP contribution in [-0.2, 0) is 0 Å². The van der Waals surface area contributed by atoms with Crippen molar-refractivity contribution in [3.8, 4) is 17.1 Å². The fraction of sp³-hybridized carbons (Fsp3) is 0.231. The first kappa shape index (κ1) is 13.6. The third-order valence-corrected chi connectivity index (χ3v) is 3.52. The Morgan fingerprint density at radius 1 is 1.42 bits per heavy atom. The largest absolute Gasteiger partial charge is 0.495 e. The lowest BCUT2D eigenvalue weighted by atomic mass is 10.00. The van der Waals surface area contributed by atoms with E-state index in [1.165, 1.54) is 6.07 Å². The second-order valence-electron chi connectivity index (χ2n) is 4.09. The molecule has 0 aliphatic heterocycles. The van der Waals surface area contributed by atoms with Gasteiger partial charge in [-0.05, 0) is 47.0 Å². The lowest BCUT2D eigenvalue weighted by Gasteiger charge is -2.13. The molecule has 1 N–H and O–H groups in total. The summed E-state index contributed by atoms with van der Waals surface area (Å²) in [7, 11) is 1.55. The predicted octanol–water partition coefficient (Wildman–Crippen LogP) is 3.43. The monoisotopic (exact) mass is 325 g/mol. The summed E-state index contributed by atoms with van der Waals surface area (Å²) in [6.45, 7) is 3.88. The van der Waals surface area contributed by atoms with Gasteiger partial charge in [0.25, 0.3) is 0 Å². The molecule has 0 radical (unpaired) electrons. The van der Waals surface area contributed by atoms with Crippen LogP contribution in [0, 0.1) is 13.8 Å². The number of aryl methyl sites for hydroxylation is 1. The van der Waals surface area contributed by atoms with Crippen LogP contribution in [0.3, 0.4) is 0 Å². The molecule has 0 aliphatic rings. The molecule has 2 rings (SSSR count). The normalized spacial score (nSPS) is 10.5. The second kappa shape index (κ2) is 5.05. The first-order valence-electron chi connectivity index (χ1n) is 5.49. The molecule has 19 heavy (non-hydrogen) atoms. The van der Waals surface area contributed by atoms with Gasteiger partial charge < -0.3 is 14.4 Å². The van der Waals surface area contributed by atoms with Crippen LogP contribution in [0.25, 0.3) is 11.3 Å². The molecular weight excluding hydrogens is 314 g/mol. The molecule has 0 aliphatic carbocycles. The van der Waals surface area contributed by atoms with E-state index in [9.17, 15) is 4.79 Å². The Morgan fingerprint density at radius 3 is 2.63 bits per heavy atom. The highest BCUT2D eigenvalue weighted by atomic mass is 79.9. The second-order valence-corrected chi connectivity index (χ2v) is 4.94. The van der Waals surface area contributed by atoms with Gasteiger partial charge in [0.2, 0.25) is 0 Å². The number of carboxylic acid groups (broad SMARTS) is 1. The number of ether oxygens (including phenoxy) is 1. The number of nitrogens with zero attached hydrogens (tertiary/aromatic N) is 1. The van der Waals surface area contributed by atoms with Crippen LogP contribution in [0.15, 0.2) is 21.1 Å². The fourth-order valence-corrected chi connectivity index (χ4v) is 2.54. The van der Waals surface area contributed by atoms with Crippen molar-refractivity contribution in [1.82, 2.24) is 5.16 Å². The number of benzene rings is 1. The summed E-state index contributed by atoms with van der Waals surface area (Å²) < 4.78 is 11.2. The zero-order chi connectivity index (χ0) is 14.2. The maximum absolute atomic E-state index is 10.9. The van der Waals surface area contributed by atoms with Crippen molar-refractivity contribution in [2.24, 2.45) is 0 Å². The Bertz CT molecular complexity index is 648. The summed E-state index contributed by atoms with van der Waals surface area (Å²) in [6, 6.07) is 3.32. The molecule has 5 nitrogen and oxygen atoms in total. The van der Waals surface area contributed by atoms with Crippen molar-refractivity contribution in [3.05, 3.63) is 33.4 Å². The van der Waals surface area contributed by atoms with Crippen LogP contribution in [-0.4, -0.2) is 23.3 Å². The van der Waals surface area contributed by atoms with Gasteiger partial charge >= 0.3 is 5.97 Å². The number of carbonyl (C=O) groups is 1. The molecule has 0 saturated heterocycles. The maximum Gasteiger partial charge on any atom is 0.358 e. The first-order chi connectivity index (χ1) is 8.95. The molecule has 2 aromatic rings. The van der Waals surface area contributed by atoms with Gasteiger partial charge in [0.15, 0.2) is 11.5 Å². The summed E-state index contributed by atoms with van der Waals surface area (Å²) in [5.74, 6) is -0.161. The van der Waals surface area contributed by atoms with Crippen molar-refractivity contribution in [1.29, 1.82) is 0 Å². The molecule has 6 heteroatoms. The topological polar surface area (TPSA) is 72.6 Å². The SMILES string of the molecule is COc1c(Br)cc(C)c(C)c1-c1cc(C(=O)O)no1. The number of hydrogen-bond donors (Lipinski definition) is 1. The quantitative estimate of drug-likeness (QED) is 0.935. The summed E-state index contributed by atoms with van der Waals surface area (Å²) in [5.41, 5.74) is 2.56. The number of methoxy groups -OCH3 is 1. The van der Waals surface area contributed by atoms with E-state index in [2.05, 4.69) is 21.1 Å². The highest BCUT2D eigenvalue weighted by Gasteiger charge is 2.20. The van der Waals surface area contributed by atoms with Crippen molar-refractivity contribution in [2.75, 3.05) is 7.11 Å². The summed E-state index contributed by atoms with van der Waals surface area (Å²) in [6.07, 6.45) is 0. The highest BCUT2D eigenvalue weighted by molar-refractivity contribution is 9.10. The minimum atomic E-state index is -1.13. The highest BCUT2D eigenvalue weighted by Crippen LogP contribution is 2.40. The van der Waals surface area contributed by atoms with Gasteiger partial charge in [-0.3, -0.25) is 0 Å². The molecule has 0 fully saturated rings. The Labute approximate surface area is 118 Å². The van der Waals surface area contributed by atoms with Crippen molar-refractivity contribution >= 4 is 21.9 Å². The molecule has 0 saturated carbocycles. The van der Waals surface area contributed by atoms with E-state index in [0.29, 0.717) is 17.1 Å². The number of hydrogen-bond acceptors (Lipinski definition) is 4. The smallest absolute Gasteiger partial charge is 0.358 e. The molecule has 0 bridgehead atoms. The van der Waals surface area contributed by atoms with Gasteiger partial charge in [0.05, 0.1) is 17.1 Å². The standard InChI is InChI=1S/C13H12BrNO4/c1-6-4-8(14)12(18-3)11(7(6)2)10-5-9(13(16)17)15-19-10/h4-5H,1-3H3,(H,16,17). The molecule has 0 atom stereocenters. The average Bonchev–Trinajstić information content (AvgIpc) is 2.82. The van der Waals surface area contributed by atoms with E-state index >= 15 is 0 Å². The number of carboxylic acids is 1. The summed E-state index contributed by atoms with van der Waals surface area (Å²) in [4.78, 5) is 10.9. The Morgan fingerprint density at radius 2 is 2.11 bits per heavy atom. The van der Waals surface area contributed by atoms with Crippen molar-refractivity contribution < 1.29 is 19.2 Å². The minimum absolute atomic E-state index is 0.130. The lowest BCUT2D eigenvalue weighted by molar-refractivity contribution is 0.0686. The number of rotatable bonds is 3. The van der Waals surface area contributed by atoms with Crippen molar-refractivity contribution in [3.63, 3.8) is 0 Å². The van der Waals surface area contributed by atoms with Crippen LogP contribution in [0.4, 0.5) is 0 Å². The van der Waals surface area contributed by atoms with Crippen LogP contribution < -0.4 is 4.74 Å². The molecule has 1 aromatic carbocycles. The molecule has 100 valence electrons. The number of halogens is 1.